The Morgan fingerprint density at radius 3 is 2.70 bits per heavy atom. The highest BCUT2D eigenvalue weighted by Gasteiger charge is 2.26. The number of hydrogen-bond acceptors (Lipinski definition) is 5. The maximum atomic E-state index is 12.1. The second kappa shape index (κ2) is 9.01. The number of nitrogens with one attached hydrogen (secondary N) is 2. The van der Waals surface area contributed by atoms with Crippen molar-refractivity contribution in [1.82, 2.24) is 15.5 Å². The number of nitrogens with zero attached hydrogens (tertiary/aromatic N) is 2. The van der Waals surface area contributed by atoms with Gasteiger partial charge in [-0.05, 0) is 23.6 Å². The maximum absolute atomic E-state index is 12.1. The Morgan fingerprint density at radius 1 is 1.22 bits per heavy atom. The lowest BCUT2D eigenvalue weighted by molar-refractivity contribution is -0.139. The molecule has 0 bridgehead atoms. The van der Waals surface area contributed by atoms with Crippen molar-refractivity contribution >= 4 is 17.5 Å². The number of morpholine rings is 1. The summed E-state index contributed by atoms with van der Waals surface area (Å²) in [6, 6.07) is 6.54. The quantitative estimate of drug-likeness (QED) is 0.561. The molecular weight excluding hydrogens is 344 g/mol. The van der Waals surface area contributed by atoms with Crippen molar-refractivity contribution < 1.29 is 14.3 Å². The summed E-state index contributed by atoms with van der Waals surface area (Å²) in [6.45, 7) is 8.19. The molecule has 0 unspecified atom stereocenters. The van der Waals surface area contributed by atoms with Gasteiger partial charge in [-0.15, -0.1) is 6.58 Å². The summed E-state index contributed by atoms with van der Waals surface area (Å²) in [5.41, 5.74) is 3.77. The third kappa shape index (κ3) is 4.67. The van der Waals surface area contributed by atoms with E-state index in [1.165, 1.54) is 11.3 Å². The van der Waals surface area contributed by atoms with Gasteiger partial charge in [-0.2, -0.15) is 0 Å². The molecule has 0 radical (unpaired) electrons. The minimum atomic E-state index is -0.633. The van der Waals surface area contributed by atoms with Crippen LogP contribution in [0.2, 0.25) is 0 Å². The average Bonchev–Trinajstić information content (AvgIpc) is 3.07. The van der Waals surface area contributed by atoms with Crippen molar-refractivity contribution in [2.24, 2.45) is 0 Å². The van der Waals surface area contributed by atoms with Gasteiger partial charge in [-0.1, -0.05) is 18.2 Å². The molecule has 1 fully saturated rings. The summed E-state index contributed by atoms with van der Waals surface area (Å²) in [6.07, 6.45) is 2.58. The largest absolute Gasteiger partial charge is 0.379 e. The molecule has 146 valence electrons. The fourth-order valence-electron chi connectivity index (χ4n) is 3.66. The minimum absolute atomic E-state index is 0.0151. The van der Waals surface area contributed by atoms with Crippen molar-refractivity contribution in [3.63, 3.8) is 0 Å². The Labute approximate surface area is 160 Å². The summed E-state index contributed by atoms with van der Waals surface area (Å²) < 4.78 is 5.47. The fourth-order valence-corrected chi connectivity index (χ4v) is 3.66. The zero-order valence-corrected chi connectivity index (χ0v) is 15.9. The number of carbonyl (C=O) groups excluding carboxylic acids is 2. The molecule has 1 saturated heterocycles. The van der Waals surface area contributed by atoms with E-state index in [9.17, 15) is 9.59 Å². The Morgan fingerprint density at radius 2 is 1.96 bits per heavy atom. The van der Waals surface area contributed by atoms with E-state index < -0.39 is 11.8 Å². The topological polar surface area (TPSA) is 73.9 Å². The summed E-state index contributed by atoms with van der Waals surface area (Å²) in [5.74, 6) is -1.25. The number of carbonyl (C=O) groups is 2. The van der Waals surface area contributed by atoms with Gasteiger partial charge in [0.05, 0.1) is 19.3 Å². The molecule has 7 nitrogen and oxygen atoms in total. The van der Waals surface area contributed by atoms with Gasteiger partial charge in [-0.3, -0.25) is 14.5 Å². The van der Waals surface area contributed by atoms with Crippen molar-refractivity contribution in [1.29, 1.82) is 0 Å². The Hall–Kier alpha value is -2.38. The van der Waals surface area contributed by atoms with Crippen LogP contribution < -0.4 is 15.5 Å². The van der Waals surface area contributed by atoms with E-state index in [4.69, 9.17) is 4.74 Å². The number of hydrogen-bond donors (Lipinski definition) is 2. The van der Waals surface area contributed by atoms with E-state index in [0.717, 1.165) is 31.6 Å². The first-order chi connectivity index (χ1) is 13.1. The predicted octanol–water partition coefficient (Wildman–Crippen LogP) is 0.471. The average molecular weight is 372 g/mol. The van der Waals surface area contributed by atoms with Crippen LogP contribution in [0, 0.1) is 0 Å². The number of anilines is 1. The van der Waals surface area contributed by atoms with Gasteiger partial charge in [-0.25, -0.2) is 0 Å². The van der Waals surface area contributed by atoms with Gasteiger partial charge >= 0.3 is 11.8 Å². The van der Waals surface area contributed by atoms with Crippen molar-refractivity contribution in [2.45, 2.75) is 12.5 Å². The Kier molecular flexibility index (Phi) is 6.47. The number of ether oxygens (including phenoxy) is 1. The van der Waals surface area contributed by atoms with Crippen LogP contribution in [0.5, 0.6) is 0 Å². The summed E-state index contributed by atoms with van der Waals surface area (Å²) >= 11 is 0. The molecule has 2 heterocycles. The number of rotatable bonds is 6. The highest BCUT2D eigenvalue weighted by atomic mass is 16.5. The molecule has 0 spiro atoms. The van der Waals surface area contributed by atoms with Crippen LogP contribution in [-0.4, -0.2) is 69.7 Å². The SMILES string of the molecule is C=CCNC(=O)C(=O)NC[C@H](c1ccc2c(c1)CCN2C)N1CCOCC1. The van der Waals surface area contributed by atoms with E-state index in [1.54, 1.807) is 6.08 Å². The molecule has 1 atom stereocenters. The van der Waals surface area contributed by atoms with Gasteiger partial charge in [0.15, 0.2) is 0 Å². The molecule has 1 aromatic carbocycles. The van der Waals surface area contributed by atoms with Crippen LogP contribution in [0.4, 0.5) is 5.69 Å². The van der Waals surface area contributed by atoms with Gasteiger partial charge in [0.2, 0.25) is 0 Å². The van der Waals surface area contributed by atoms with E-state index in [2.05, 4.69) is 52.3 Å². The second-order valence-electron chi connectivity index (χ2n) is 6.93. The lowest BCUT2D eigenvalue weighted by Gasteiger charge is -2.35. The molecular formula is C20H28N4O3. The van der Waals surface area contributed by atoms with Gasteiger partial charge in [0.1, 0.15) is 0 Å². The molecule has 27 heavy (non-hydrogen) atoms. The van der Waals surface area contributed by atoms with E-state index in [-0.39, 0.29) is 12.6 Å². The number of benzene rings is 1. The van der Waals surface area contributed by atoms with E-state index >= 15 is 0 Å². The number of fused-ring (bicyclic) bond motifs is 1. The first-order valence-corrected chi connectivity index (χ1v) is 9.43. The first-order valence-electron chi connectivity index (χ1n) is 9.43. The minimum Gasteiger partial charge on any atom is -0.379 e. The van der Waals surface area contributed by atoms with Crippen LogP contribution in [0.15, 0.2) is 30.9 Å². The smallest absolute Gasteiger partial charge is 0.309 e. The van der Waals surface area contributed by atoms with E-state index in [1.807, 2.05) is 0 Å². The molecule has 0 aliphatic carbocycles. The van der Waals surface area contributed by atoms with Crippen molar-refractivity contribution in [3.05, 3.63) is 42.0 Å². The fraction of sp³-hybridized carbons (Fsp3) is 0.500. The number of likely N-dealkylation sites (N-methyl/N-ethyl adjacent to an activating group) is 1. The summed E-state index contributed by atoms with van der Waals surface area (Å²) in [5, 5.41) is 5.29. The molecule has 2 amide bonds. The summed E-state index contributed by atoms with van der Waals surface area (Å²) in [4.78, 5) is 28.5. The highest BCUT2D eigenvalue weighted by Crippen LogP contribution is 2.31. The number of amides is 2. The monoisotopic (exact) mass is 372 g/mol. The molecule has 1 aromatic rings. The summed E-state index contributed by atoms with van der Waals surface area (Å²) in [7, 11) is 2.10. The van der Waals surface area contributed by atoms with Crippen molar-refractivity contribution in [2.75, 3.05) is 57.9 Å². The van der Waals surface area contributed by atoms with Gasteiger partial charge in [0, 0.05) is 45.5 Å². The second-order valence-corrected chi connectivity index (χ2v) is 6.93. The third-order valence-electron chi connectivity index (χ3n) is 5.17. The third-order valence-corrected chi connectivity index (χ3v) is 5.17. The molecule has 2 N–H and O–H groups in total. The van der Waals surface area contributed by atoms with Crippen molar-refractivity contribution in [3.8, 4) is 0 Å². The predicted molar refractivity (Wildman–Crippen MR) is 105 cm³/mol. The molecule has 7 heteroatoms. The molecule has 2 aliphatic heterocycles. The molecule has 3 rings (SSSR count). The maximum Gasteiger partial charge on any atom is 0.309 e. The standard InChI is InChI=1S/C20H28N4O3/c1-3-7-21-19(25)20(26)22-14-18(24-9-11-27-12-10-24)15-4-5-17-16(13-15)6-8-23(17)2/h3-5,13,18H,1,6-12,14H2,2H3,(H,21,25)(H,22,26)/t18-/m1/s1. The van der Waals surface area contributed by atoms with Crippen LogP contribution in [-0.2, 0) is 20.7 Å². The Balaban J connectivity index is 1.72. The molecule has 0 aromatic heterocycles. The zero-order valence-electron chi connectivity index (χ0n) is 15.9. The first kappa shape index (κ1) is 19.4. The zero-order chi connectivity index (χ0) is 19.2. The highest BCUT2D eigenvalue weighted by molar-refractivity contribution is 6.35. The lowest BCUT2D eigenvalue weighted by atomic mass is 10.0. The van der Waals surface area contributed by atoms with Crippen LogP contribution in [0.3, 0.4) is 0 Å². The van der Waals surface area contributed by atoms with Crippen LogP contribution in [0.25, 0.3) is 0 Å². The van der Waals surface area contributed by atoms with Crippen LogP contribution >= 0.6 is 0 Å². The normalized spacial score (nSPS) is 17.9. The van der Waals surface area contributed by atoms with Gasteiger partial charge < -0.3 is 20.3 Å². The Bertz CT molecular complexity index is 700. The lowest BCUT2D eigenvalue weighted by Crippen LogP contribution is -2.46. The molecule has 0 saturated carbocycles. The molecule has 2 aliphatic rings. The van der Waals surface area contributed by atoms with Gasteiger partial charge in [0.25, 0.3) is 0 Å². The van der Waals surface area contributed by atoms with E-state index in [0.29, 0.717) is 19.8 Å². The van der Waals surface area contributed by atoms with Crippen LogP contribution in [0.1, 0.15) is 17.2 Å².